The van der Waals surface area contributed by atoms with Gasteiger partial charge < -0.3 is 10.2 Å². The molecule has 0 aliphatic carbocycles. The molecule has 2 heterocycles. The van der Waals surface area contributed by atoms with Crippen LogP contribution in [0.15, 0.2) is 48.7 Å². The van der Waals surface area contributed by atoms with Crippen LogP contribution < -0.4 is 10.2 Å². The minimum atomic E-state index is -0.453. The molecule has 1 N–H and O–H groups in total. The van der Waals surface area contributed by atoms with E-state index in [4.69, 9.17) is 0 Å². The van der Waals surface area contributed by atoms with E-state index < -0.39 is 11.7 Å². The number of nitrogens with one attached hydrogen (secondary N) is 1. The predicted molar refractivity (Wildman–Crippen MR) is 109 cm³/mol. The van der Waals surface area contributed by atoms with Gasteiger partial charge in [-0.3, -0.25) is 4.79 Å². The van der Waals surface area contributed by atoms with E-state index in [1.165, 1.54) is 6.07 Å². The van der Waals surface area contributed by atoms with Crippen molar-refractivity contribution < 1.29 is 9.18 Å². The topological polar surface area (TPSA) is 63.1 Å². The van der Waals surface area contributed by atoms with E-state index in [-0.39, 0.29) is 11.0 Å². The molecule has 7 heteroatoms. The van der Waals surface area contributed by atoms with Gasteiger partial charge in [0.05, 0.1) is 11.4 Å². The molecule has 0 saturated heterocycles. The number of anilines is 2. The van der Waals surface area contributed by atoms with Crippen molar-refractivity contribution in [2.75, 3.05) is 24.3 Å². The smallest absolute Gasteiger partial charge is 0.256 e. The third-order valence-corrected chi connectivity index (χ3v) is 4.28. The number of rotatable bonds is 4. The first-order chi connectivity index (χ1) is 13.2. The maximum Gasteiger partial charge on any atom is 0.256 e. The Balaban J connectivity index is 1.96. The molecule has 28 heavy (non-hydrogen) atoms. The molecule has 0 atom stereocenters. The van der Waals surface area contributed by atoms with Crippen molar-refractivity contribution in [2.24, 2.45) is 0 Å². The maximum absolute atomic E-state index is 14.3. The van der Waals surface area contributed by atoms with Gasteiger partial charge in [-0.1, -0.05) is 26.8 Å². The van der Waals surface area contributed by atoms with E-state index in [0.717, 1.165) is 5.69 Å². The first-order valence-electron chi connectivity index (χ1n) is 8.97. The Labute approximate surface area is 164 Å². The van der Waals surface area contributed by atoms with Crippen molar-refractivity contribution in [1.82, 2.24) is 14.8 Å². The maximum atomic E-state index is 14.3. The van der Waals surface area contributed by atoms with Gasteiger partial charge >= 0.3 is 0 Å². The lowest BCUT2D eigenvalue weighted by molar-refractivity contribution is 0.102. The lowest BCUT2D eigenvalue weighted by Crippen LogP contribution is -2.17. The number of carbonyl (C=O) groups excluding carboxylic acids is 1. The van der Waals surface area contributed by atoms with Gasteiger partial charge in [0.25, 0.3) is 5.91 Å². The molecule has 6 nitrogen and oxygen atoms in total. The molecular weight excluding hydrogens is 357 g/mol. The zero-order valence-electron chi connectivity index (χ0n) is 16.7. The van der Waals surface area contributed by atoms with E-state index >= 15 is 0 Å². The molecule has 1 aromatic carbocycles. The number of nitrogens with zero attached hydrogens (tertiary/aromatic N) is 4. The normalized spacial score (nSPS) is 11.4. The van der Waals surface area contributed by atoms with Crippen LogP contribution in [0.5, 0.6) is 0 Å². The Bertz CT molecular complexity index is 990. The van der Waals surface area contributed by atoms with Crippen molar-refractivity contribution in [3.05, 3.63) is 65.7 Å². The quantitative estimate of drug-likeness (QED) is 0.741. The second-order valence-corrected chi connectivity index (χ2v) is 7.78. The lowest BCUT2D eigenvalue weighted by Gasteiger charge is -2.14. The number of hydrogen-bond acceptors (Lipinski definition) is 4. The number of amides is 1. The zero-order valence-corrected chi connectivity index (χ0v) is 16.7. The summed E-state index contributed by atoms with van der Waals surface area (Å²) in [6.45, 7) is 6.12. The molecule has 0 bridgehead atoms. The Morgan fingerprint density at radius 1 is 1.14 bits per heavy atom. The second-order valence-electron chi connectivity index (χ2n) is 7.78. The van der Waals surface area contributed by atoms with Gasteiger partial charge in [-0.05, 0) is 30.3 Å². The second kappa shape index (κ2) is 7.42. The van der Waals surface area contributed by atoms with Gasteiger partial charge in [0.2, 0.25) is 0 Å². The molecule has 3 aromatic rings. The molecule has 146 valence electrons. The zero-order chi connectivity index (χ0) is 20.5. The summed E-state index contributed by atoms with van der Waals surface area (Å²) in [6.07, 6.45) is 1.66. The summed E-state index contributed by atoms with van der Waals surface area (Å²) in [6, 6.07) is 11.7. The summed E-state index contributed by atoms with van der Waals surface area (Å²) >= 11 is 0. The third kappa shape index (κ3) is 4.03. The van der Waals surface area contributed by atoms with Gasteiger partial charge in [0.15, 0.2) is 5.82 Å². The fourth-order valence-electron chi connectivity index (χ4n) is 2.69. The summed E-state index contributed by atoms with van der Waals surface area (Å²) in [5, 5.41) is 7.45. The van der Waals surface area contributed by atoms with Gasteiger partial charge in [0.1, 0.15) is 11.6 Å². The largest absolute Gasteiger partial charge is 0.375 e. The van der Waals surface area contributed by atoms with Crippen molar-refractivity contribution in [2.45, 2.75) is 26.2 Å². The molecule has 2 aromatic heterocycles. The van der Waals surface area contributed by atoms with E-state index in [9.17, 15) is 9.18 Å². The van der Waals surface area contributed by atoms with Gasteiger partial charge in [0, 0.05) is 37.3 Å². The molecule has 0 spiro atoms. The predicted octanol–water partition coefficient (Wildman–Crippen LogP) is 4.02. The minimum Gasteiger partial charge on any atom is -0.375 e. The number of pyridine rings is 1. The summed E-state index contributed by atoms with van der Waals surface area (Å²) < 4.78 is 15.8. The molecule has 0 radical (unpaired) electrons. The molecular formula is C21H24FN5O. The van der Waals surface area contributed by atoms with Crippen LogP contribution in [0.25, 0.3) is 5.82 Å². The molecule has 0 aliphatic rings. The third-order valence-electron chi connectivity index (χ3n) is 4.28. The summed E-state index contributed by atoms with van der Waals surface area (Å²) in [4.78, 5) is 18.7. The van der Waals surface area contributed by atoms with Crippen LogP contribution in [-0.2, 0) is 5.41 Å². The van der Waals surface area contributed by atoms with Crippen LogP contribution >= 0.6 is 0 Å². The first-order valence-corrected chi connectivity index (χ1v) is 8.97. The highest BCUT2D eigenvalue weighted by Crippen LogP contribution is 2.26. The molecule has 1 amide bonds. The summed E-state index contributed by atoms with van der Waals surface area (Å²) in [5.74, 6) is 0.196. The Kier molecular flexibility index (Phi) is 5.18. The van der Waals surface area contributed by atoms with Crippen molar-refractivity contribution in [1.29, 1.82) is 0 Å². The Morgan fingerprint density at radius 2 is 1.89 bits per heavy atom. The number of carbonyl (C=O) groups is 1. The Morgan fingerprint density at radius 3 is 2.46 bits per heavy atom. The van der Waals surface area contributed by atoms with Crippen molar-refractivity contribution in [3.8, 4) is 5.82 Å². The Hall–Kier alpha value is -3.22. The number of aromatic nitrogens is 3. The van der Waals surface area contributed by atoms with Crippen LogP contribution in [0.2, 0.25) is 0 Å². The van der Waals surface area contributed by atoms with Gasteiger partial charge in [-0.25, -0.2) is 9.37 Å². The van der Waals surface area contributed by atoms with Crippen LogP contribution in [-0.4, -0.2) is 34.8 Å². The molecule has 3 rings (SSSR count). The molecule has 0 saturated carbocycles. The molecule has 0 fully saturated rings. The van der Waals surface area contributed by atoms with E-state index in [0.29, 0.717) is 17.3 Å². The highest BCUT2D eigenvalue weighted by atomic mass is 19.1. The number of hydrogen-bond donors (Lipinski definition) is 1. The number of halogens is 1. The highest BCUT2D eigenvalue weighted by molar-refractivity contribution is 6.04. The van der Waals surface area contributed by atoms with E-state index in [1.807, 2.05) is 39.0 Å². The van der Waals surface area contributed by atoms with Crippen LogP contribution in [0, 0.1) is 5.82 Å². The number of benzene rings is 1. The van der Waals surface area contributed by atoms with E-state index in [2.05, 4.69) is 15.4 Å². The van der Waals surface area contributed by atoms with Gasteiger partial charge in [-0.2, -0.15) is 9.78 Å². The average Bonchev–Trinajstić information content (AvgIpc) is 3.06. The monoisotopic (exact) mass is 381 g/mol. The average molecular weight is 381 g/mol. The SMILES string of the molecule is CN(C)c1ccc(C(=O)Nc2cc(C(C)(C)C)nn2-c2ccccn2)cc1F. The first kappa shape index (κ1) is 19.5. The standard InChI is InChI=1S/C21H24FN5O/c1-21(2,3)17-13-19(27(25-17)18-8-6-7-11-23-18)24-20(28)14-9-10-16(26(4)5)15(22)12-14/h6-13H,1-5H3,(H,24,28). The van der Waals surface area contributed by atoms with Crippen LogP contribution in [0.4, 0.5) is 15.9 Å². The minimum absolute atomic E-state index is 0.209. The fraction of sp³-hybridized carbons (Fsp3) is 0.286. The fourth-order valence-corrected chi connectivity index (χ4v) is 2.69. The van der Waals surface area contributed by atoms with Crippen molar-refractivity contribution >= 4 is 17.4 Å². The van der Waals surface area contributed by atoms with Crippen LogP contribution in [0.3, 0.4) is 0 Å². The van der Waals surface area contributed by atoms with Gasteiger partial charge in [-0.15, -0.1) is 0 Å². The molecule has 0 unspecified atom stereocenters. The van der Waals surface area contributed by atoms with E-state index in [1.54, 1.807) is 48.1 Å². The molecule has 0 aliphatic heterocycles. The van der Waals surface area contributed by atoms with Crippen LogP contribution in [0.1, 0.15) is 36.8 Å². The summed E-state index contributed by atoms with van der Waals surface area (Å²) in [7, 11) is 3.50. The lowest BCUT2D eigenvalue weighted by atomic mass is 9.92. The summed E-state index contributed by atoms with van der Waals surface area (Å²) in [5.41, 5.74) is 1.25. The van der Waals surface area contributed by atoms with Crippen molar-refractivity contribution in [3.63, 3.8) is 0 Å². The highest BCUT2D eigenvalue weighted by Gasteiger charge is 2.22.